The molecule has 1 N–H and O–H groups in total. The van der Waals surface area contributed by atoms with Gasteiger partial charge in [0.25, 0.3) is 5.91 Å². The number of amides is 1. The van der Waals surface area contributed by atoms with Crippen molar-refractivity contribution in [3.63, 3.8) is 0 Å². The molecule has 1 amide bonds. The van der Waals surface area contributed by atoms with Gasteiger partial charge in [-0.15, -0.1) is 0 Å². The van der Waals surface area contributed by atoms with Crippen LogP contribution >= 0.6 is 0 Å². The Morgan fingerprint density at radius 2 is 1.65 bits per heavy atom. The molecule has 0 aliphatic rings. The van der Waals surface area contributed by atoms with Crippen molar-refractivity contribution >= 4 is 11.6 Å². The van der Waals surface area contributed by atoms with Crippen LogP contribution in [-0.2, 0) is 6.61 Å². The van der Waals surface area contributed by atoms with Crippen LogP contribution < -0.4 is 10.1 Å². The summed E-state index contributed by atoms with van der Waals surface area (Å²) in [5.41, 5.74) is 2.27. The Morgan fingerprint density at radius 3 is 2.42 bits per heavy atom. The molecule has 0 spiro atoms. The predicted octanol–water partition coefficient (Wildman–Crippen LogP) is 5.10. The van der Waals surface area contributed by atoms with Gasteiger partial charge in [-0.25, -0.2) is 8.78 Å². The molecule has 3 nitrogen and oxygen atoms in total. The molecule has 132 valence electrons. The Bertz CT molecular complexity index is 924. The summed E-state index contributed by atoms with van der Waals surface area (Å²) in [6.07, 6.45) is 0. The largest absolute Gasteiger partial charge is 0.488 e. The minimum Gasteiger partial charge on any atom is -0.488 e. The van der Waals surface area contributed by atoms with Crippen molar-refractivity contribution in [2.45, 2.75) is 13.5 Å². The molecule has 5 heteroatoms. The first kappa shape index (κ1) is 17.6. The summed E-state index contributed by atoms with van der Waals surface area (Å²) >= 11 is 0. The van der Waals surface area contributed by atoms with Gasteiger partial charge in [0, 0.05) is 5.69 Å². The van der Waals surface area contributed by atoms with E-state index in [1.165, 1.54) is 24.3 Å². The van der Waals surface area contributed by atoms with Gasteiger partial charge in [0.15, 0.2) is 0 Å². The number of carbonyl (C=O) groups excluding carboxylic acids is 1. The molecule has 26 heavy (non-hydrogen) atoms. The Hall–Kier alpha value is -3.21. The third kappa shape index (κ3) is 4.25. The number of ether oxygens (including phenoxy) is 1. The summed E-state index contributed by atoms with van der Waals surface area (Å²) in [6.45, 7) is 1.98. The van der Waals surface area contributed by atoms with Gasteiger partial charge in [-0.1, -0.05) is 30.3 Å². The standard InChI is InChI=1S/C21H17F2NO2/c1-14-6-9-17(23)12-19(14)24-21(25)18-4-2-3-5-20(18)26-13-15-7-10-16(22)11-8-15/h2-12H,13H2,1H3,(H,24,25). The molecule has 3 aromatic carbocycles. The Morgan fingerprint density at radius 1 is 0.962 bits per heavy atom. The quantitative estimate of drug-likeness (QED) is 0.693. The second kappa shape index (κ2) is 7.78. The number of para-hydroxylation sites is 1. The maximum absolute atomic E-state index is 13.4. The predicted molar refractivity (Wildman–Crippen MR) is 96.3 cm³/mol. The van der Waals surface area contributed by atoms with E-state index in [-0.39, 0.29) is 12.4 Å². The van der Waals surface area contributed by atoms with Crippen LogP contribution in [0.15, 0.2) is 66.7 Å². The summed E-state index contributed by atoms with van der Waals surface area (Å²) in [7, 11) is 0. The highest BCUT2D eigenvalue weighted by Gasteiger charge is 2.14. The zero-order valence-corrected chi connectivity index (χ0v) is 14.1. The van der Waals surface area contributed by atoms with Crippen molar-refractivity contribution in [2.24, 2.45) is 0 Å². The molecule has 3 rings (SSSR count). The van der Waals surface area contributed by atoms with E-state index >= 15 is 0 Å². The molecule has 0 aliphatic heterocycles. The summed E-state index contributed by atoms with van der Waals surface area (Å²) in [6, 6.07) is 16.9. The molecule has 0 unspecified atom stereocenters. The molecular formula is C21H17F2NO2. The number of carbonyl (C=O) groups is 1. The smallest absolute Gasteiger partial charge is 0.259 e. The number of rotatable bonds is 5. The van der Waals surface area contributed by atoms with Gasteiger partial charge in [0.2, 0.25) is 0 Å². The molecule has 0 radical (unpaired) electrons. The average molecular weight is 353 g/mol. The molecule has 3 aromatic rings. The van der Waals surface area contributed by atoms with Crippen molar-refractivity contribution < 1.29 is 18.3 Å². The fourth-order valence-corrected chi connectivity index (χ4v) is 2.44. The van der Waals surface area contributed by atoms with E-state index in [1.807, 2.05) is 0 Å². The van der Waals surface area contributed by atoms with E-state index in [1.54, 1.807) is 49.4 Å². The highest BCUT2D eigenvalue weighted by molar-refractivity contribution is 6.06. The lowest BCUT2D eigenvalue weighted by Gasteiger charge is -2.13. The van der Waals surface area contributed by atoms with Gasteiger partial charge in [-0.2, -0.15) is 0 Å². The molecule has 0 heterocycles. The van der Waals surface area contributed by atoms with Gasteiger partial charge >= 0.3 is 0 Å². The first-order valence-corrected chi connectivity index (χ1v) is 8.07. The highest BCUT2D eigenvalue weighted by Crippen LogP contribution is 2.23. The minimum absolute atomic E-state index is 0.198. The van der Waals surface area contributed by atoms with Crippen LogP contribution in [-0.4, -0.2) is 5.91 Å². The number of halogens is 2. The number of benzene rings is 3. The monoisotopic (exact) mass is 353 g/mol. The molecule has 0 saturated carbocycles. The number of nitrogens with one attached hydrogen (secondary N) is 1. The fraction of sp³-hybridized carbons (Fsp3) is 0.0952. The van der Waals surface area contributed by atoms with Gasteiger partial charge in [0.1, 0.15) is 24.0 Å². The summed E-state index contributed by atoms with van der Waals surface area (Å²) < 4.78 is 32.1. The van der Waals surface area contributed by atoms with Crippen molar-refractivity contribution in [2.75, 3.05) is 5.32 Å². The maximum Gasteiger partial charge on any atom is 0.259 e. The van der Waals surface area contributed by atoms with Crippen LogP contribution in [0.25, 0.3) is 0 Å². The summed E-state index contributed by atoms with van der Waals surface area (Å²) in [4.78, 5) is 12.6. The first-order chi connectivity index (χ1) is 12.5. The van der Waals surface area contributed by atoms with E-state index in [2.05, 4.69) is 5.32 Å². The second-order valence-corrected chi connectivity index (χ2v) is 5.82. The van der Waals surface area contributed by atoms with E-state index in [0.29, 0.717) is 17.0 Å². The fourth-order valence-electron chi connectivity index (χ4n) is 2.44. The summed E-state index contributed by atoms with van der Waals surface area (Å²) in [5.74, 6) is -0.748. The van der Waals surface area contributed by atoms with Crippen molar-refractivity contribution in [1.82, 2.24) is 0 Å². The maximum atomic E-state index is 13.4. The van der Waals surface area contributed by atoms with E-state index in [0.717, 1.165) is 11.1 Å². The van der Waals surface area contributed by atoms with Crippen LogP contribution in [0.3, 0.4) is 0 Å². The Labute approximate surface area is 150 Å². The first-order valence-electron chi connectivity index (χ1n) is 8.07. The number of anilines is 1. The lowest BCUT2D eigenvalue weighted by molar-refractivity contribution is 0.102. The zero-order chi connectivity index (χ0) is 18.5. The van der Waals surface area contributed by atoms with E-state index in [4.69, 9.17) is 4.74 Å². The van der Waals surface area contributed by atoms with Crippen molar-refractivity contribution in [1.29, 1.82) is 0 Å². The Kier molecular flexibility index (Phi) is 5.27. The molecule has 0 aromatic heterocycles. The number of hydrogen-bond acceptors (Lipinski definition) is 2. The lowest BCUT2D eigenvalue weighted by atomic mass is 10.1. The molecule has 0 atom stereocenters. The topological polar surface area (TPSA) is 38.3 Å². The Balaban J connectivity index is 1.76. The number of aryl methyl sites for hydroxylation is 1. The third-order valence-corrected chi connectivity index (χ3v) is 3.89. The lowest BCUT2D eigenvalue weighted by Crippen LogP contribution is -2.14. The average Bonchev–Trinajstić information content (AvgIpc) is 2.64. The van der Waals surface area contributed by atoms with Crippen LogP contribution in [0.5, 0.6) is 5.75 Å². The van der Waals surface area contributed by atoms with E-state index in [9.17, 15) is 13.6 Å². The van der Waals surface area contributed by atoms with Gasteiger partial charge < -0.3 is 10.1 Å². The number of hydrogen-bond donors (Lipinski definition) is 1. The summed E-state index contributed by atoms with van der Waals surface area (Å²) in [5, 5.41) is 2.70. The van der Waals surface area contributed by atoms with Crippen LogP contribution in [0, 0.1) is 18.6 Å². The zero-order valence-electron chi connectivity index (χ0n) is 14.1. The molecule has 0 fully saturated rings. The molecule has 0 bridgehead atoms. The van der Waals surface area contributed by atoms with Crippen LogP contribution in [0.4, 0.5) is 14.5 Å². The van der Waals surface area contributed by atoms with Crippen molar-refractivity contribution in [3.8, 4) is 5.75 Å². The molecular weight excluding hydrogens is 336 g/mol. The van der Waals surface area contributed by atoms with Crippen LogP contribution in [0.2, 0.25) is 0 Å². The molecule has 0 saturated heterocycles. The van der Waals surface area contributed by atoms with Gasteiger partial charge in [-0.05, 0) is 54.4 Å². The highest BCUT2D eigenvalue weighted by atomic mass is 19.1. The van der Waals surface area contributed by atoms with Gasteiger partial charge in [-0.3, -0.25) is 4.79 Å². The molecule has 0 aliphatic carbocycles. The SMILES string of the molecule is Cc1ccc(F)cc1NC(=O)c1ccccc1OCc1ccc(F)cc1. The second-order valence-electron chi connectivity index (χ2n) is 5.82. The minimum atomic E-state index is -0.424. The van der Waals surface area contributed by atoms with Crippen LogP contribution in [0.1, 0.15) is 21.5 Å². The third-order valence-electron chi connectivity index (χ3n) is 3.89. The van der Waals surface area contributed by atoms with Gasteiger partial charge in [0.05, 0.1) is 5.56 Å². The normalized spacial score (nSPS) is 10.4. The van der Waals surface area contributed by atoms with E-state index < -0.39 is 11.7 Å². The van der Waals surface area contributed by atoms with Crippen molar-refractivity contribution in [3.05, 3.63) is 95.1 Å².